The molecule has 0 spiro atoms. The topological polar surface area (TPSA) is 601 Å². The number of nitrogens with two attached hydrogens (primary N) is 5. The Hall–Kier alpha value is -10.2. The van der Waals surface area contributed by atoms with Gasteiger partial charge >= 0.3 is 5.97 Å². The molecule has 37 nitrogen and oxygen atoms in total. The van der Waals surface area contributed by atoms with Crippen LogP contribution in [0.3, 0.4) is 0 Å². The van der Waals surface area contributed by atoms with E-state index in [0.717, 1.165) is 26.5 Å². The SMILES string of the molecule is CCC(C)C1NC(=O)C(Cc2ccc(O)cc2)NC(=O)C(CC(C)C)NC(=O)C2CCCN2C(=O)CCSSCC(C(=O)NC(CCCN=C(N)N)C(=O)NC(CCCN=C(N)N)C(N)=O)NC(=O)C(C(C)C)NC(=O)C2CCCN2C(=O)C(CC(=O)O)NC(=O)C(Cc2ccc(O)cc2)NC(=O)C(CO)NC1=O. The van der Waals surface area contributed by atoms with Gasteiger partial charge in [0, 0.05) is 56.9 Å². The highest BCUT2D eigenvalue weighted by molar-refractivity contribution is 8.76. The third-order valence-corrected chi connectivity index (χ3v) is 20.9. The van der Waals surface area contributed by atoms with Crippen LogP contribution in [0.5, 0.6) is 11.5 Å². The van der Waals surface area contributed by atoms with E-state index in [1.54, 1.807) is 41.5 Å². The number of carbonyl (C=O) groups excluding carboxylic acids is 13. The number of guanidine groups is 2. The lowest BCUT2D eigenvalue weighted by molar-refractivity contribution is -0.146. The first kappa shape index (κ1) is 89.4. The van der Waals surface area contributed by atoms with Gasteiger partial charge in [0.05, 0.1) is 13.0 Å². The summed E-state index contributed by atoms with van der Waals surface area (Å²) in [5, 5.41) is 67.4. The number of carboxylic acid groups (broad SMARTS) is 1. The molecule has 2 aromatic rings. The number of aliphatic hydroxyl groups excluding tert-OH is 1. The zero-order chi connectivity index (χ0) is 80.8. The number of carboxylic acids is 1. The van der Waals surface area contributed by atoms with E-state index in [1.807, 2.05) is 0 Å². The Balaban J connectivity index is 1.58. The van der Waals surface area contributed by atoms with Crippen molar-refractivity contribution in [3.8, 4) is 11.5 Å². The van der Waals surface area contributed by atoms with Crippen LogP contribution in [0.2, 0.25) is 0 Å². The number of aliphatic hydroxyl groups is 1. The molecule has 3 fully saturated rings. The van der Waals surface area contributed by atoms with Crippen molar-refractivity contribution in [1.29, 1.82) is 0 Å². The van der Waals surface area contributed by atoms with Gasteiger partial charge in [-0.2, -0.15) is 0 Å². The summed E-state index contributed by atoms with van der Waals surface area (Å²) in [6.07, 6.45) is -0.723. The maximum atomic E-state index is 14.8. The van der Waals surface area contributed by atoms with Crippen molar-refractivity contribution in [2.45, 2.75) is 204 Å². The first-order chi connectivity index (χ1) is 51.6. The summed E-state index contributed by atoms with van der Waals surface area (Å²) in [5.74, 6) is -16.1. The molecule has 0 saturated carbocycles. The smallest absolute Gasteiger partial charge is 0.305 e. The third kappa shape index (κ3) is 29.1. The predicted molar refractivity (Wildman–Crippen MR) is 404 cm³/mol. The molecule has 109 heavy (non-hydrogen) atoms. The van der Waals surface area contributed by atoms with Crippen LogP contribution >= 0.6 is 21.6 Å². The molecule has 13 atom stereocenters. The second-order valence-corrected chi connectivity index (χ2v) is 30.5. The summed E-state index contributed by atoms with van der Waals surface area (Å²) in [4.78, 5) is 210. The van der Waals surface area contributed by atoms with Crippen LogP contribution in [-0.4, -0.2) is 242 Å². The van der Waals surface area contributed by atoms with Gasteiger partial charge in [-0.25, -0.2) is 0 Å². The standard InChI is InChI=1S/C70H107N19O18S2/c1-7-38(6)56-67(106)84-49(34-90)62(101)81-46(31-39-16-20-41(91)21-17-39)60(99)83-48(33-54(94)95)68(107)89-28-11-15-52(89)65(104)86-55(37(4)5)66(105)85-50(63(102)79-44(13-9-26-77-70(74)75)58(97)78-43(57(71)96)12-8-25-76-69(72)73)35-109-108-29-24-53(93)88-27-10-14-51(88)64(103)82-45(30-36(2)3)59(98)80-47(61(100)87-56)32-40-18-22-42(92)23-19-40/h16-23,36-38,43-52,55-56,90-92H,7-15,24-35H2,1-6H3,(H2,71,96)(H,78,97)(H,79,102)(H,80,98)(H,81,101)(H,82,103)(H,83,99)(H,84,106)(H,85,105)(H,86,104)(H,87,100)(H,94,95)(H4,72,73,76)(H4,74,75,77). The van der Waals surface area contributed by atoms with E-state index in [0.29, 0.717) is 17.5 Å². The molecule has 3 aliphatic rings. The zero-order valence-electron chi connectivity index (χ0n) is 62.1. The summed E-state index contributed by atoms with van der Waals surface area (Å²) in [5.41, 5.74) is 28.5. The lowest BCUT2D eigenvalue weighted by atomic mass is 9.96. The minimum atomic E-state index is -1.94. The van der Waals surface area contributed by atoms with E-state index in [1.165, 1.54) is 53.4 Å². The van der Waals surface area contributed by atoms with Gasteiger partial charge < -0.3 is 112 Å². The number of nitrogens with zero attached hydrogens (tertiary/aromatic N) is 4. The molecule has 5 rings (SSSR count). The summed E-state index contributed by atoms with van der Waals surface area (Å²) in [6, 6.07) is -6.98. The Morgan fingerprint density at radius 3 is 1.55 bits per heavy atom. The molecule has 13 amide bonds. The lowest BCUT2D eigenvalue weighted by Crippen LogP contribution is -2.62. The van der Waals surface area contributed by atoms with Crippen LogP contribution in [0.4, 0.5) is 0 Å². The number of fused-ring (bicyclic) bond motifs is 2. The van der Waals surface area contributed by atoms with Gasteiger partial charge in [0.15, 0.2) is 11.9 Å². The lowest BCUT2D eigenvalue weighted by Gasteiger charge is -2.31. The summed E-state index contributed by atoms with van der Waals surface area (Å²) >= 11 is 0. The number of hydrogen-bond donors (Lipinski definition) is 19. The maximum Gasteiger partial charge on any atom is 0.305 e. The van der Waals surface area contributed by atoms with Gasteiger partial charge in [0.2, 0.25) is 76.8 Å². The number of aliphatic carboxylic acids is 1. The third-order valence-electron chi connectivity index (χ3n) is 18.5. The Labute approximate surface area is 639 Å². The Morgan fingerprint density at radius 1 is 0.569 bits per heavy atom. The van der Waals surface area contributed by atoms with Gasteiger partial charge in [-0.3, -0.25) is 77.1 Å². The molecule has 0 radical (unpaired) electrons. The molecule has 24 N–H and O–H groups in total. The van der Waals surface area contributed by atoms with Crippen molar-refractivity contribution >= 4 is 116 Å². The minimum Gasteiger partial charge on any atom is -0.508 e. The molecule has 3 saturated heterocycles. The average Bonchev–Trinajstić information content (AvgIpc) is 1.76. The van der Waals surface area contributed by atoms with Crippen molar-refractivity contribution in [2.24, 2.45) is 56.4 Å². The van der Waals surface area contributed by atoms with Gasteiger partial charge in [0.1, 0.15) is 84.0 Å². The minimum absolute atomic E-state index is 0.0133. The molecule has 602 valence electrons. The maximum absolute atomic E-state index is 14.8. The number of phenols is 2. The van der Waals surface area contributed by atoms with E-state index in [9.17, 15) is 87.5 Å². The van der Waals surface area contributed by atoms with Gasteiger partial charge in [0.25, 0.3) is 0 Å². The second-order valence-electron chi connectivity index (χ2n) is 27.8. The largest absolute Gasteiger partial charge is 0.508 e. The highest BCUT2D eigenvalue weighted by atomic mass is 33.1. The zero-order valence-corrected chi connectivity index (χ0v) is 63.8. The molecular weight excluding hydrogens is 1460 g/mol. The molecule has 3 aliphatic heterocycles. The van der Waals surface area contributed by atoms with E-state index in [-0.39, 0.29) is 138 Å². The molecule has 2 aromatic carbocycles. The second kappa shape index (κ2) is 44.3. The fraction of sp³-hybridized carbons (Fsp3) is 0.600. The number of carbonyl (C=O) groups is 14. The first-order valence-electron chi connectivity index (χ1n) is 36.3. The Bertz CT molecular complexity index is 3570. The number of aliphatic imine (C=N–C) groups is 2. The predicted octanol–water partition coefficient (Wildman–Crippen LogP) is -3.69. The van der Waals surface area contributed by atoms with Crippen LogP contribution < -0.4 is 81.8 Å². The number of phenolic OH excluding ortho intramolecular Hbond substituents is 2. The monoisotopic (exact) mass is 1570 g/mol. The number of primary amides is 1. The first-order valence-corrected chi connectivity index (χ1v) is 38.8. The van der Waals surface area contributed by atoms with Crippen LogP contribution in [-0.2, 0) is 80.0 Å². The molecule has 3 heterocycles. The van der Waals surface area contributed by atoms with Crippen LogP contribution in [0.15, 0.2) is 58.5 Å². The number of benzene rings is 2. The molecule has 39 heteroatoms. The molecule has 0 aromatic heterocycles. The fourth-order valence-corrected chi connectivity index (χ4v) is 14.5. The van der Waals surface area contributed by atoms with Crippen LogP contribution in [0.25, 0.3) is 0 Å². The summed E-state index contributed by atoms with van der Waals surface area (Å²) < 4.78 is 0. The normalized spacial score (nSPS) is 23.9. The van der Waals surface area contributed by atoms with E-state index >= 15 is 0 Å². The van der Waals surface area contributed by atoms with Crippen LogP contribution in [0, 0.1) is 17.8 Å². The average molecular weight is 1570 g/mol. The Kier molecular flexibility index (Phi) is 36.4. The quantitative estimate of drug-likeness (QED) is 0.0197. The molecular formula is C70H107N19O18S2. The van der Waals surface area contributed by atoms with Crippen molar-refractivity contribution in [1.82, 2.24) is 63.0 Å². The van der Waals surface area contributed by atoms with Gasteiger partial charge in [-0.05, 0) is 111 Å². The number of amides is 13. The van der Waals surface area contributed by atoms with E-state index in [4.69, 9.17) is 28.7 Å². The molecule has 0 aliphatic carbocycles. The van der Waals surface area contributed by atoms with Crippen molar-refractivity contribution < 1.29 is 87.5 Å². The van der Waals surface area contributed by atoms with Crippen LogP contribution in [0.1, 0.15) is 130 Å². The van der Waals surface area contributed by atoms with Gasteiger partial charge in [-0.15, -0.1) is 0 Å². The van der Waals surface area contributed by atoms with Crippen molar-refractivity contribution in [3.05, 3.63) is 59.7 Å². The Morgan fingerprint density at radius 2 is 1.04 bits per heavy atom. The van der Waals surface area contributed by atoms with E-state index in [2.05, 4.69) is 63.2 Å². The molecule has 0 bridgehead atoms. The number of rotatable bonds is 25. The fourth-order valence-electron chi connectivity index (χ4n) is 12.4. The summed E-state index contributed by atoms with van der Waals surface area (Å²) in [7, 11) is 2.14. The van der Waals surface area contributed by atoms with Crippen molar-refractivity contribution in [2.75, 3.05) is 44.3 Å². The molecule has 13 unspecified atom stereocenters. The highest BCUT2D eigenvalue weighted by Crippen LogP contribution is 2.27. The van der Waals surface area contributed by atoms with E-state index < -0.39 is 187 Å². The number of nitrogens with one attached hydrogen (secondary N) is 10. The van der Waals surface area contributed by atoms with Gasteiger partial charge in [-0.1, -0.05) is 93.8 Å². The highest BCUT2D eigenvalue weighted by Gasteiger charge is 2.43. The number of hydrogen-bond acceptors (Lipinski definition) is 21. The summed E-state index contributed by atoms with van der Waals surface area (Å²) in [6.45, 7) is 8.99. The number of aromatic hydroxyl groups is 2. The van der Waals surface area contributed by atoms with Crippen molar-refractivity contribution in [3.63, 3.8) is 0 Å².